The van der Waals surface area contributed by atoms with Gasteiger partial charge in [-0.15, -0.1) is 0 Å². The average Bonchev–Trinajstić information content (AvgIpc) is 3.65. The Bertz CT molecular complexity index is 1920. The number of hydrogen-bond donors (Lipinski definition) is 2. The molecule has 0 spiro atoms. The Balaban J connectivity index is 1.21. The third kappa shape index (κ3) is 5.94. The highest BCUT2D eigenvalue weighted by molar-refractivity contribution is 7.90. The lowest BCUT2D eigenvalue weighted by atomic mass is 9.98. The number of sulfonamides is 1. The van der Waals surface area contributed by atoms with Gasteiger partial charge in [0.2, 0.25) is 0 Å². The smallest absolute Gasteiger partial charge is 0.329 e. The number of ether oxygens (including phenoxy) is 2. The number of fused-ring (bicyclic) bond motifs is 3. The van der Waals surface area contributed by atoms with Crippen LogP contribution in [0.3, 0.4) is 0 Å². The zero-order valence-electron chi connectivity index (χ0n) is 25.9. The largest absolute Gasteiger partial charge is 0.493 e. The number of benzene rings is 4. The Morgan fingerprint density at radius 3 is 2.31 bits per heavy atom. The second kappa shape index (κ2) is 11.7. The molecule has 0 bridgehead atoms. The van der Waals surface area contributed by atoms with Crippen molar-refractivity contribution < 1.29 is 27.5 Å². The molecule has 6 rings (SSSR count). The van der Waals surface area contributed by atoms with Crippen LogP contribution >= 0.6 is 0 Å². The summed E-state index contributed by atoms with van der Waals surface area (Å²) >= 11 is 0. The van der Waals surface area contributed by atoms with Crippen molar-refractivity contribution in [2.75, 3.05) is 18.1 Å². The molecular weight excluding hydrogens is 590 g/mol. The molecule has 0 aromatic heterocycles. The van der Waals surface area contributed by atoms with Crippen LogP contribution in [-0.2, 0) is 23.0 Å². The van der Waals surface area contributed by atoms with E-state index in [2.05, 4.69) is 10.0 Å². The molecule has 0 saturated heterocycles. The van der Waals surface area contributed by atoms with Crippen molar-refractivity contribution in [3.8, 4) is 11.5 Å². The Morgan fingerprint density at radius 2 is 1.64 bits per heavy atom. The number of nitrogens with one attached hydrogen (secondary N) is 2. The fourth-order valence-corrected chi connectivity index (χ4v) is 7.04. The number of amides is 3. The minimum Gasteiger partial charge on any atom is -0.493 e. The van der Waals surface area contributed by atoms with Gasteiger partial charge in [0, 0.05) is 22.2 Å². The van der Waals surface area contributed by atoms with E-state index in [1.807, 2.05) is 70.2 Å². The molecule has 1 aliphatic carbocycles. The highest BCUT2D eigenvalue weighted by atomic mass is 32.2. The van der Waals surface area contributed by atoms with Crippen LogP contribution in [0.1, 0.15) is 59.3 Å². The number of nitrogens with zero attached hydrogens (tertiary/aromatic N) is 1. The zero-order valence-corrected chi connectivity index (χ0v) is 26.7. The van der Waals surface area contributed by atoms with Crippen molar-refractivity contribution in [3.63, 3.8) is 0 Å². The first-order chi connectivity index (χ1) is 21.5. The van der Waals surface area contributed by atoms with Crippen LogP contribution in [0.15, 0.2) is 71.6 Å². The Hall–Kier alpha value is -4.57. The molecule has 0 unspecified atom stereocenters. The van der Waals surface area contributed by atoms with E-state index in [1.165, 1.54) is 12.1 Å². The topological polar surface area (TPSA) is 114 Å². The number of aryl methyl sites for hydroxylation is 2. The summed E-state index contributed by atoms with van der Waals surface area (Å²) < 4.78 is 39.5. The monoisotopic (exact) mass is 627 g/mol. The van der Waals surface area contributed by atoms with Crippen LogP contribution in [0.25, 0.3) is 10.8 Å². The standard InChI is InChI=1S/C35H37N3O6S/c1-5-43-29-9-7-8-25-19-30(44-6-2)27-21-38(33(39)32(27)31(25)29)28-15-12-24(18-23(28)4)20-35(16-17-35)36-34(40)37-45(41,42)26-13-10-22(3)11-14-26/h7-15,18-19H,5-6,16-17,20-21H2,1-4H3,(H2,36,37,40). The van der Waals surface area contributed by atoms with Gasteiger partial charge >= 0.3 is 6.03 Å². The molecule has 0 radical (unpaired) electrons. The molecule has 4 aromatic rings. The number of anilines is 1. The third-order valence-electron chi connectivity index (χ3n) is 8.45. The van der Waals surface area contributed by atoms with Gasteiger partial charge in [-0.3, -0.25) is 4.79 Å². The summed E-state index contributed by atoms with van der Waals surface area (Å²) in [7, 11) is -3.99. The number of carbonyl (C=O) groups is 2. The van der Waals surface area contributed by atoms with Crippen LogP contribution in [0.4, 0.5) is 10.5 Å². The summed E-state index contributed by atoms with van der Waals surface area (Å²) in [5, 5.41) is 4.58. The summed E-state index contributed by atoms with van der Waals surface area (Å²) in [5.41, 5.74) is 4.55. The highest BCUT2D eigenvalue weighted by Gasteiger charge is 2.44. The van der Waals surface area contributed by atoms with E-state index in [9.17, 15) is 18.0 Å². The van der Waals surface area contributed by atoms with Gasteiger partial charge in [0.05, 0.1) is 30.2 Å². The van der Waals surface area contributed by atoms with E-state index >= 15 is 0 Å². The molecule has 45 heavy (non-hydrogen) atoms. The molecule has 10 heteroatoms. The summed E-state index contributed by atoms with van der Waals surface area (Å²) in [6.45, 7) is 9.03. The van der Waals surface area contributed by atoms with Crippen LogP contribution in [0.2, 0.25) is 0 Å². The quantitative estimate of drug-likeness (QED) is 0.217. The molecule has 2 N–H and O–H groups in total. The summed E-state index contributed by atoms with van der Waals surface area (Å²) in [5.74, 6) is 1.27. The summed E-state index contributed by atoms with van der Waals surface area (Å²) in [4.78, 5) is 28.6. The molecule has 3 amide bonds. The molecular formula is C35H37N3O6S. The molecule has 1 heterocycles. The van der Waals surface area contributed by atoms with Crippen LogP contribution < -0.4 is 24.4 Å². The van der Waals surface area contributed by atoms with E-state index in [4.69, 9.17) is 9.47 Å². The average molecular weight is 628 g/mol. The SMILES string of the molecule is CCOc1cc2cccc(OCC)c2c2c1CN(c1ccc(CC3(NC(=O)NS(=O)(=O)c4ccc(C)cc4)CC3)cc1C)C2=O. The van der Waals surface area contributed by atoms with Crippen LogP contribution in [0.5, 0.6) is 11.5 Å². The van der Waals surface area contributed by atoms with Gasteiger partial charge in [0.1, 0.15) is 11.5 Å². The van der Waals surface area contributed by atoms with Gasteiger partial charge in [-0.05, 0) is 93.8 Å². The van der Waals surface area contributed by atoms with Crippen molar-refractivity contribution in [2.45, 2.75) is 63.9 Å². The fraction of sp³-hybridized carbons (Fsp3) is 0.314. The van der Waals surface area contributed by atoms with E-state index in [0.717, 1.165) is 51.6 Å². The highest BCUT2D eigenvalue weighted by Crippen LogP contribution is 2.44. The number of carbonyl (C=O) groups excluding carboxylic acids is 2. The molecule has 2 aliphatic rings. The minimum atomic E-state index is -3.99. The molecule has 0 atom stereocenters. The number of hydrogen-bond acceptors (Lipinski definition) is 6. The molecule has 1 fully saturated rings. The van der Waals surface area contributed by atoms with Crippen LogP contribution in [0, 0.1) is 13.8 Å². The van der Waals surface area contributed by atoms with Gasteiger partial charge < -0.3 is 19.7 Å². The summed E-state index contributed by atoms with van der Waals surface area (Å²) in [6.07, 6.45) is 2.01. The Morgan fingerprint density at radius 1 is 0.933 bits per heavy atom. The Labute approximate surface area is 263 Å². The van der Waals surface area contributed by atoms with E-state index in [1.54, 1.807) is 17.0 Å². The van der Waals surface area contributed by atoms with Crippen molar-refractivity contribution in [3.05, 3.63) is 94.5 Å². The Kier molecular flexibility index (Phi) is 7.95. The van der Waals surface area contributed by atoms with E-state index < -0.39 is 21.6 Å². The minimum absolute atomic E-state index is 0.0356. The van der Waals surface area contributed by atoms with Gasteiger partial charge in [-0.1, -0.05) is 42.0 Å². The number of urea groups is 1. The van der Waals surface area contributed by atoms with E-state index in [0.29, 0.717) is 43.2 Å². The molecule has 234 valence electrons. The van der Waals surface area contributed by atoms with Crippen LogP contribution in [-0.4, -0.2) is 39.1 Å². The normalized spacial score (nSPS) is 15.1. The van der Waals surface area contributed by atoms with Crippen molar-refractivity contribution in [2.24, 2.45) is 0 Å². The second-order valence-corrected chi connectivity index (χ2v) is 13.5. The number of rotatable bonds is 10. The zero-order chi connectivity index (χ0) is 31.9. The molecule has 9 nitrogen and oxygen atoms in total. The maximum atomic E-state index is 14.1. The third-order valence-corrected chi connectivity index (χ3v) is 9.80. The predicted molar refractivity (Wildman–Crippen MR) is 174 cm³/mol. The second-order valence-electron chi connectivity index (χ2n) is 11.8. The lowest BCUT2D eigenvalue weighted by molar-refractivity contribution is 0.0997. The predicted octanol–water partition coefficient (Wildman–Crippen LogP) is 6.18. The first-order valence-electron chi connectivity index (χ1n) is 15.2. The molecule has 4 aromatic carbocycles. The fourth-order valence-electron chi connectivity index (χ4n) is 6.13. The lowest BCUT2D eigenvalue weighted by Gasteiger charge is -2.21. The van der Waals surface area contributed by atoms with Gasteiger partial charge in [0.15, 0.2) is 0 Å². The van der Waals surface area contributed by atoms with Gasteiger partial charge in [-0.2, -0.15) is 0 Å². The molecule has 1 aliphatic heterocycles. The van der Waals surface area contributed by atoms with Gasteiger partial charge in [0.25, 0.3) is 15.9 Å². The lowest BCUT2D eigenvalue weighted by Crippen LogP contribution is -2.46. The van der Waals surface area contributed by atoms with Gasteiger partial charge in [-0.25, -0.2) is 17.9 Å². The maximum absolute atomic E-state index is 14.1. The summed E-state index contributed by atoms with van der Waals surface area (Å²) in [6, 6.07) is 19.3. The van der Waals surface area contributed by atoms with Crippen molar-refractivity contribution >= 4 is 38.4 Å². The first-order valence-corrected chi connectivity index (χ1v) is 16.7. The molecule has 1 saturated carbocycles. The van der Waals surface area contributed by atoms with Crippen molar-refractivity contribution in [1.82, 2.24) is 10.0 Å². The van der Waals surface area contributed by atoms with E-state index in [-0.39, 0.29) is 10.8 Å². The maximum Gasteiger partial charge on any atom is 0.329 e. The first kappa shape index (κ1) is 30.5. The van der Waals surface area contributed by atoms with Crippen molar-refractivity contribution in [1.29, 1.82) is 0 Å².